The molecule has 0 radical (unpaired) electrons. The number of carbonyl (C=O) groups is 3. The Balaban J connectivity index is 1.29. The number of hydrogen-bond acceptors (Lipinski definition) is 4. The largest absolute Gasteiger partial charge is 0.480 e. The molecule has 4 N–H and O–H groups in total. The Morgan fingerprint density at radius 1 is 0.848 bits per heavy atom. The molecule has 0 unspecified atom stereocenters. The molecule has 0 aromatic heterocycles. The van der Waals surface area contributed by atoms with Crippen LogP contribution in [0.1, 0.15) is 138 Å². The lowest BCUT2D eigenvalue weighted by Gasteiger charge is -2.72. The Kier molecular flexibility index (Phi) is 9.65. The van der Waals surface area contributed by atoms with E-state index in [2.05, 4.69) is 58.8 Å². The van der Waals surface area contributed by atoms with Crippen LogP contribution in [0.3, 0.4) is 0 Å². The van der Waals surface area contributed by atoms with Gasteiger partial charge in [0.25, 0.3) is 0 Å². The van der Waals surface area contributed by atoms with Crippen LogP contribution in [0.15, 0.2) is 12.2 Å². The summed E-state index contributed by atoms with van der Waals surface area (Å²) in [5, 5.41) is 25.9. The summed E-state index contributed by atoms with van der Waals surface area (Å²) in [4.78, 5) is 37.3. The monoisotopic (exact) mass is 640 g/mol. The lowest BCUT2D eigenvalue weighted by Crippen LogP contribution is -2.67. The second-order valence-electron chi connectivity index (χ2n) is 17.9. The van der Waals surface area contributed by atoms with E-state index in [1.54, 1.807) is 0 Å². The molecule has 46 heavy (non-hydrogen) atoms. The van der Waals surface area contributed by atoms with Crippen molar-refractivity contribution < 1.29 is 24.6 Å². The minimum Gasteiger partial charge on any atom is -0.480 e. The van der Waals surface area contributed by atoms with E-state index in [1.165, 1.54) is 38.2 Å². The van der Waals surface area contributed by atoms with E-state index >= 15 is 0 Å². The average molecular weight is 641 g/mol. The zero-order valence-electron chi connectivity index (χ0n) is 30.0. The zero-order chi connectivity index (χ0) is 33.9. The van der Waals surface area contributed by atoms with Gasteiger partial charge in [-0.1, -0.05) is 53.2 Å². The molecule has 0 saturated heterocycles. The molecular formula is C39H64N2O5. The maximum Gasteiger partial charge on any atom is 0.325 e. The smallest absolute Gasteiger partial charge is 0.325 e. The van der Waals surface area contributed by atoms with E-state index in [0.717, 1.165) is 51.4 Å². The number of carboxylic acid groups (broad SMARTS) is 1. The van der Waals surface area contributed by atoms with E-state index < -0.39 is 12.0 Å². The van der Waals surface area contributed by atoms with Gasteiger partial charge in [0.15, 0.2) is 0 Å². The van der Waals surface area contributed by atoms with Gasteiger partial charge in [0.1, 0.15) is 6.04 Å². The highest BCUT2D eigenvalue weighted by Gasteiger charge is 2.71. The van der Waals surface area contributed by atoms with Crippen molar-refractivity contribution in [1.82, 2.24) is 10.6 Å². The first-order chi connectivity index (χ1) is 21.5. The van der Waals surface area contributed by atoms with Crippen molar-refractivity contribution in [2.45, 2.75) is 151 Å². The van der Waals surface area contributed by atoms with E-state index in [4.69, 9.17) is 5.11 Å². The molecule has 5 rings (SSSR count). The molecule has 0 aromatic carbocycles. The number of allylic oxidation sites excluding steroid dienone is 1. The molecule has 11 atom stereocenters. The van der Waals surface area contributed by atoms with Crippen molar-refractivity contribution in [2.24, 2.45) is 56.7 Å². The number of rotatable bonds is 10. The van der Waals surface area contributed by atoms with Gasteiger partial charge in [-0.05, 0) is 142 Å². The van der Waals surface area contributed by atoms with Crippen LogP contribution >= 0.6 is 0 Å². The van der Waals surface area contributed by atoms with Crippen LogP contribution < -0.4 is 10.6 Å². The number of hydrogen-bond donors (Lipinski definition) is 4. The number of aliphatic hydroxyl groups excluding tert-OH is 1. The number of carbonyl (C=O) groups excluding carboxylic acids is 2. The van der Waals surface area contributed by atoms with Gasteiger partial charge >= 0.3 is 5.97 Å². The third-order valence-corrected chi connectivity index (χ3v) is 15.6. The lowest BCUT2D eigenvalue weighted by atomic mass is 9.32. The van der Waals surface area contributed by atoms with Crippen molar-refractivity contribution in [3.05, 3.63) is 12.2 Å². The number of nitrogens with one attached hydrogen (secondary N) is 2. The molecule has 7 nitrogen and oxygen atoms in total. The molecule has 5 aliphatic carbocycles. The fraction of sp³-hybridized carbons (Fsp3) is 0.872. The molecule has 7 heteroatoms. The van der Waals surface area contributed by atoms with Gasteiger partial charge in [-0.25, -0.2) is 0 Å². The Labute approximate surface area is 278 Å². The number of carboxylic acids is 1. The third kappa shape index (κ3) is 5.47. The molecule has 0 spiro atoms. The van der Waals surface area contributed by atoms with Crippen molar-refractivity contribution in [3.63, 3.8) is 0 Å². The number of fused-ring (bicyclic) bond motifs is 7. The van der Waals surface area contributed by atoms with E-state index in [9.17, 15) is 19.5 Å². The Bertz CT molecular complexity index is 1210. The van der Waals surface area contributed by atoms with E-state index in [-0.39, 0.29) is 45.0 Å². The van der Waals surface area contributed by atoms with Crippen LogP contribution in [-0.4, -0.2) is 46.7 Å². The molecule has 0 heterocycles. The number of unbranched alkanes of at least 4 members (excludes halogenated alkanes) is 2. The highest BCUT2D eigenvalue weighted by molar-refractivity contribution is 5.84. The summed E-state index contributed by atoms with van der Waals surface area (Å²) in [5.74, 6) is 1.39. The van der Waals surface area contributed by atoms with Crippen molar-refractivity contribution >= 4 is 17.8 Å². The first-order valence-electron chi connectivity index (χ1n) is 18.6. The van der Waals surface area contributed by atoms with E-state index in [0.29, 0.717) is 49.0 Å². The number of aliphatic carboxylic acids is 1. The summed E-state index contributed by atoms with van der Waals surface area (Å²) >= 11 is 0. The highest BCUT2D eigenvalue weighted by Crippen LogP contribution is 2.77. The van der Waals surface area contributed by atoms with Crippen LogP contribution in [0.2, 0.25) is 0 Å². The maximum absolute atomic E-state index is 14.3. The molecule has 5 aliphatic rings. The maximum atomic E-state index is 14.3. The molecular weight excluding hydrogens is 576 g/mol. The number of amides is 2. The summed E-state index contributed by atoms with van der Waals surface area (Å²) in [6, 6.07) is -0.880. The van der Waals surface area contributed by atoms with Gasteiger partial charge in [-0.15, -0.1) is 0 Å². The predicted octanol–water partition coefficient (Wildman–Crippen LogP) is 7.27. The van der Waals surface area contributed by atoms with Crippen molar-refractivity contribution in [2.75, 3.05) is 6.54 Å². The van der Waals surface area contributed by atoms with Crippen LogP contribution in [0.4, 0.5) is 0 Å². The summed E-state index contributed by atoms with van der Waals surface area (Å²) < 4.78 is 0. The van der Waals surface area contributed by atoms with E-state index in [1.807, 2.05) is 0 Å². The van der Waals surface area contributed by atoms with Crippen LogP contribution in [0, 0.1) is 56.7 Å². The highest BCUT2D eigenvalue weighted by atomic mass is 16.4. The topological polar surface area (TPSA) is 116 Å². The Morgan fingerprint density at radius 2 is 1.57 bits per heavy atom. The minimum absolute atomic E-state index is 0.0479. The minimum atomic E-state index is -1.03. The molecule has 0 bridgehead atoms. The van der Waals surface area contributed by atoms with Gasteiger partial charge in [-0.2, -0.15) is 0 Å². The Morgan fingerprint density at radius 3 is 2.24 bits per heavy atom. The number of aliphatic hydroxyl groups is 1. The fourth-order valence-corrected chi connectivity index (χ4v) is 12.9. The fourth-order valence-electron chi connectivity index (χ4n) is 12.9. The second-order valence-corrected chi connectivity index (χ2v) is 17.9. The standard InChI is InChI=1S/C39H64N2O5/c1-24(2)26-15-20-39(34(46)40-23-11-9-10-12-31(43)41-25(3)33(44)45)22-21-37(7)27(32(26)39)13-14-29-36(6)18-17-30(42)35(4,5)28(36)16-19-38(29,37)8/h25-30,32,42H,1,9-23H2,2-8H3,(H,40,46)(H,41,43)(H,44,45)/t25-,26-,27+,28-,29+,30-,32+,36-,37+,38+,39-/m0/s1. The average Bonchev–Trinajstić information content (AvgIpc) is 3.38. The van der Waals surface area contributed by atoms with Crippen molar-refractivity contribution in [1.29, 1.82) is 0 Å². The lowest BCUT2D eigenvalue weighted by molar-refractivity contribution is -0.246. The summed E-state index contributed by atoms with van der Waals surface area (Å²) in [7, 11) is 0. The van der Waals surface area contributed by atoms with Gasteiger partial charge in [0, 0.05) is 13.0 Å². The zero-order valence-corrected chi connectivity index (χ0v) is 30.0. The second kappa shape index (κ2) is 12.5. The van der Waals surface area contributed by atoms with Crippen LogP contribution in [-0.2, 0) is 14.4 Å². The first-order valence-corrected chi connectivity index (χ1v) is 18.6. The molecule has 5 saturated carbocycles. The Hall–Kier alpha value is -1.89. The third-order valence-electron chi connectivity index (χ3n) is 15.6. The predicted molar refractivity (Wildman–Crippen MR) is 182 cm³/mol. The van der Waals surface area contributed by atoms with Gasteiger partial charge in [-0.3, -0.25) is 14.4 Å². The molecule has 260 valence electrons. The first kappa shape index (κ1) is 35.4. The molecule has 5 fully saturated rings. The summed E-state index contributed by atoms with van der Waals surface area (Å²) in [6.45, 7) is 21.2. The molecule has 2 amide bonds. The normalized spacial score (nSPS) is 43.2. The summed E-state index contributed by atoms with van der Waals surface area (Å²) in [6.07, 6.45) is 13.3. The van der Waals surface area contributed by atoms with Crippen LogP contribution in [0.25, 0.3) is 0 Å². The van der Waals surface area contributed by atoms with Crippen LogP contribution in [0.5, 0.6) is 0 Å². The van der Waals surface area contributed by atoms with Gasteiger partial charge < -0.3 is 20.8 Å². The molecule has 0 aliphatic heterocycles. The SMILES string of the molecule is C=C(C)[C@@H]1CC[C@]2(C(=O)NCCCCCC(=O)N[C@@H](C)C(=O)O)CC[C@]3(C)[C@H](CC[C@@H]4[C@@]5(C)CC[C@H](O)C(C)(C)[C@@H]5CC[C@]43C)[C@@H]12. The molecule has 0 aromatic rings. The van der Waals surface area contributed by atoms with Gasteiger partial charge in [0.05, 0.1) is 11.5 Å². The van der Waals surface area contributed by atoms with Gasteiger partial charge in [0.2, 0.25) is 11.8 Å². The van der Waals surface area contributed by atoms with Crippen molar-refractivity contribution in [3.8, 4) is 0 Å². The quantitative estimate of drug-likeness (QED) is 0.148. The summed E-state index contributed by atoms with van der Waals surface area (Å²) in [5.41, 5.74) is 1.50.